The zero-order valence-corrected chi connectivity index (χ0v) is 11.7. The van der Waals surface area contributed by atoms with Crippen LogP contribution in [0.25, 0.3) is 0 Å². The molecular formula is C11H10Br2F2O. The molecule has 1 nitrogen and oxygen atoms in total. The lowest BCUT2D eigenvalue weighted by atomic mass is 10.0. The van der Waals surface area contributed by atoms with Crippen LogP contribution in [0.5, 0.6) is 0 Å². The number of halogens is 4. The van der Waals surface area contributed by atoms with Gasteiger partial charge in [-0.05, 0) is 24.1 Å². The van der Waals surface area contributed by atoms with Gasteiger partial charge in [-0.25, -0.2) is 8.78 Å². The first-order valence-corrected chi connectivity index (χ1v) is 6.62. The van der Waals surface area contributed by atoms with Crippen molar-refractivity contribution in [3.63, 3.8) is 0 Å². The van der Waals surface area contributed by atoms with Gasteiger partial charge in [0, 0.05) is 10.9 Å². The summed E-state index contributed by atoms with van der Waals surface area (Å²) in [5.41, 5.74) is 1.41. The van der Waals surface area contributed by atoms with Gasteiger partial charge in [0.05, 0.1) is 4.83 Å². The Kier molecular flexibility index (Phi) is 5.05. The third-order valence-corrected chi connectivity index (χ3v) is 3.94. The summed E-state index contributed by atoms with van der Waals surface area (Å²) in [6, 6.07) is 4.34. The highest BCUT2D eigenvalue weighted by atomic mass is 79.9. The zero-order chi connectivity index (χ0) is 12.3. The Balaban J connectivity index is 3.16. The molecule has 1 unspecified atom stereocenters. The number of carbonyl (C=O) groups excluding carboxylic acids is 1. The number of hydrogen-bond donors (Lipinski definition) is 0. The smallest absolute Gasteiger partial charge is 0.263 e. The minimum Gasteiger partial charge on any atom is -0.298 e. The Morgan fingerprint density at radius 2 is 2.06 bits per heavy atom. The van der Waals surface area contributed by atoms with Crippen LogP contribution < -0.4 is 0 Å². The fourth-order valence-corrected chi connectivity index (χ4v) is 2.28. The van der Waals surface area contributed by atoms with Crippen molar-refractivity contribution < 1.29 is 13.6 Å². The van der Waals surface area contributed by atoms with E-state index in [-0.39, 0.29) is 11.3 Å². The lowest BCUT2D eigenvalue weighted by molar-refractivity contribution is -0.116. The monoisotopic (exact) mass is 354 g/mol. The molecule has 0 spiro atoms. The average Bonchev–Trinajstić information content (AvgIpc) is 2.26. The van der Waals surface area contributed by atoms with Crippen molar-refractivity contribution in [2.45, 2.75) is 23.5 Å². The van der Waals surface area contributed by atoms with Gasteiger partial charge in [0.1, 0.15) is 5.78 Å². The van der Waals surface area contributed by atoms with E-state index in [9.17, 15) is 13.6 Å². The summed E-state index contributed by atoms with van der Waals surface area (Å²) in [6.45, 7) is 1.46. The van der Waals surface area contributed by atoms with Crippen LogP contribution in [0.3, 0.4) is 0 Å². The first-order chi connectivity index (χ1) is 7.47. The Bertz CT molecular complexity index is 394. The van der Waals surface area contributed by atoms with Crippen molar-refractivity contribution in [1.82, 2.24) is 0 Å². The number of rotatable bonds is 4. The van der Waals surface area contributed by atoms with Gasteiger partial charge in [-0.3, -0.25) is 4.79 Å². The molecule has 1 atom stereocenters. The van der Waals surface area contributed by atoms with Crippen LogP contribution in [-0.2, 0) is 10.1 Å². The molecule has 1 rings (SSSR count). The molecule has 5 heteroatoms. The Labute approximate surface area is 109 Å². The summed E-state index contributed by atoms with van der Waals surface area (Å²) >= 11 is 6.48. The van der Waals surface area contributed by atoms with Gasteiger partial charge in [-0.15, -0.1) is 0 Å². The van der Waals surface area contributed by atoms with Crippen molar-refractivity contribution in [2.75, 3.05) is 0 Å². The fraction of sp³-hybridized carbons (Fsp3) is 0.364. The van der Waals surface area contributed by atoms with Crippen LogP contribution in [0.2, 0.25) is 0 Å². The van der Waals surface area contributed by atoms with E-state index in [0.29, 0.717) is 10.9 Å². The topological polar surface area (TPSA) is 17.1 Å². The molecule has 0 heterocycles. The highest BCUT2D eigenvalue weighted by molar-refractivity contribution is 9.09. The molecule has 0 aliphatic heterocycles. The Hall–Kier alpha value is -0.290. The molecule has 0 fully saturated rings. The summed E-state index contributed by atoms with van der Waals surface area (Å²) in [4.78, 5) is 10.8. The van der Waals surface area contributed by atoms with E-state index >= 15 is 0 Å². The van der Waals surface area contributed by atoms with Gasteiger partial charge < -0.3 is 0 Å². The first kappa shape index (κ1) is 13.8. The molecule has 0 aromatic heterocycles. The van der Waals surface area contributed by atoms with E-state index in [4.69, 9.17) is 0 Å². The second-order valence-corrected chi connectivity index (χ2v) is 4.84. The van der Waals surface area contributed by atoms with Crippen molar-refractivity contribution in [2.24, 2.45) is 0 Å². The third-order valence-electron chi connectivity index (χ3n) is 2.19. The van der Waals surface area contributed by atoms with Crippen molar-refractivity contribution >= 4 is 37.6 Å². The SMILES string of the molecule is CC(=O)C(Br)c1ccc(C(F)F)cc1CBr. The van der Waals surface area contributed by atoms with E-state index in [1.54, 1.807) is 6.07 Å². The molecule has 1 aromatic carbocycles. The summed E-state index contributed by atoms with van der Waals surface area (Å²) in [5.74, 6) is -0.0491. The van der Waals surface area contributed by atoms with Gasteiger partial charge in [-0.2, -0.15) is 0 Å². The second-order valence-electron chi connectivity index (χ2n) is 3.37. The first-order valence-electron chi connectivity index (χ1n) is 4.58. The Morgan fingerprint density at radius 1 is 1.44 bits per heavy atom. The van der Waals surface area contributed by atoms with Gasteiger partial charge in [0.2, 0.25) is 0 Å². The molecule has 0 aliphatic rings. The van der Waals surface area contributed by atoms with Crippen molar-refractivity contribution in [1.29, 1.82) is 0 Å². The number of hydrogen-bond acceptors (Lipinski definition) is 1. The largest absolute Gasteiger partial charge is 0.298 e. The lowest BCUT2D eigenvalue weighted by Gasteiger charge is -2.12. The standard InChI is InChI=1S/C11H10Br2F2O/c1-6(16)10(13)9-3-2-7(11(14)15)4-8(9)5-12/h2-4,10-11H,5H2,1H3. The number of alkyl halides is 4. The molecule has 0 N–H and O–H groups in total. The van der Waals surface area contributed by atoms with Gasteiger partial charge in [-0.1, -0.05) is 44.0 Å². The highest BCUT2D eigenvalue weighted by Gasteiger charge is 2.18. The van der Waals surface area contributed by atoms with Crippen LogP contribution in [0.15, 0.2) is 18.2 Å². The number of carbonyl (C=O) groups is 1. The molecule has 0 bridgehead atoms. The quantitative estimate of drug-likeness (QED) is 0.724. The highest BCUT2D eigenvalue weighted by Crippen LogP contribution is 2.31. The normalized spacial score (nSPS) is 12.9. The van der Waals surface area contributed by atoms with Crippen molar-refractivity contribution in [3.05, 3.63) is 34.9 Å². The van der Waals surface area contributed by atoms with Crippen LogP contribution in [0.4, 0.5) is 8.78 Å². The fourth-order valence-electron chi connectivity index (χ4n) is 1.34. The predicted molar refractivity (Wildman–Crippen MR) is 66.4 cm³/mol. The average molecular weight is 356 g/mol. The summed E-state index contributed by atoms with van der Waals surface area (Å²) in [6.07, 6.45) is -2.49. The molecule has 0 saturated carbocycles. The summed E-state index contributed by atoms with van der Waals surface area (Å²) < 4.78 is 25.0. The molecule has 1 aromatic rings. The number of benzene rings is 1. The molecule has 16 heavy (non-hydrogen) atoms. The minimum absolute atomic E-state index is 0.0264. The number of Topliss-reactive ketones (excluding diaryl/α,β-unsaturated/α-hetero) is 1. The van der Waals surface area contributed by atoms with E-state index in [2.05, 4.69) is 31.9 Å². The Morgan fingerprint density at radius 3 is 2.50 bits per heavy atom. The lowest BCUT2D eigenvalue weighted by Crippen LogP contribution is -2.04. The van der Waals surface area contributed by atoms with E-state index in [0.717, 1.165) is 5.56 Å². The van der Waals surface area contributed by atoms with E-state index in [1.165, 1.54) is 19.1 Å². The van der Waals surface area contributed by atoms with Crippen LogP contribution in [0.1, 0.15) is 34.9 Å². The van der Waals surface area contributed by atoms with Crippen LogP contribution in [-0.4, -0.2) is 5.78 Å². The maximum absolute atomic E-state index is 12.5. The second kappa shape index (κ2) is 5.87. The molecule has 0 amide bonds. The van der Waals surface area contributed by atoms with Crippen LogP contribution >= 0.6 is 31.9 Å². The van der Waals surface area contributed by atoms with Gasteiger partial charge in [0.15, 0.2) is 0 Å². The molecule has 0 aliphatic carbocycles. The summed E-state index contributed by atoms with van der Waals surface area (Å²) in [7, 11) is 0. The maximum Gasteiger partial charge on any atom is 0.263 e. The van der Waals surface area contributed by atoms with Crippen LogP contribution in [0, 0.1) is 0 Å². The molecule has 88 valence electrons. The number of ketones is 1. The zero-order valence-electron chi connectivity index (χ0n) is 8.51. The molecular weight excluding hydrogens is 346 g/mol. The molecule has 0 radical (unpaired) electrons. The predicted octanol–water partition coefficient (Wildman–Crippen LogP) is 4.54. The third kappa shape index (κ3) is 3.10. The van der Waals surface area contributed by atoms with Gasteiger partial charge >= 0.3 is 0 Å². The maximum atomic E-state index is 12.5. The van der Waals surface area contributed by atoms with E-state index in [1.807, 2.05) is 0 Å². The minimum atomic E-state index is -2.49. The molecule has 0 saturated heterocycles. The van der Waals surface area contributed by atoms with E-state index < -0.39 is 11.3 Å². The van der Waals surface area contributed by atoms with Crippen molar-refractivity contribution in [3.8, 4) is 0 Å². The summed E-state index contributed by atoms with van der Waals surface area (Å²) in [5, 5.41) is 0.443. The van der Waals surface area contributed by atoms with Gasteiger partial charge in [0.25, 0.3) is 6.43 Å².